The van der Waals surface area contributed by atoms with Crippen LogP contribution in [0, 0.1) is 5.41 Å². The van der Waals surface area contributed by atoms with Gasteiger partial charge < -0.3 is 19.1 Å². The normalized spacial score (nSPS) is 17.9. The van der Waals surface area contributed by atoms with Crippen molar-refractivity contribution in [2.24, 2.45) is 10.5 Å². The van der Waals surface area contributed by atoms with Crippen LogP contribution in [0.15, 0.2) is 53.6 Å². The Morgan fingerprint density at radius 1 is 1.05 bits per heavy atom. The Morgan fingerprint density at radius 3 is 2.50 bits per heavy atom. The van der Waals surface area contributed by atoms with Gasteiger partial charge in [0.25, 0.3) is 5.91 Å². The highest BCUT2D eigenvalue weighted by Gasteiger charge is 2.36. The first-order valence-corrected chi connectivity index (χ1v) is 13.9. The van der Waals surface area contributed by atoms with E-state index in [2.05, 4.69) is 4.90 Å². The van der Waals surface area contributed by atoms with Crippen LogP contribution in [0.2, 0.25) is 0 Å². The SMILES string of the molecule is COc1cccc(C2=NN(C(=O)CN(CCN3CCOCC3)C(=O)CC(C)(C)C)[C@@H](c3ccccc3OC)C2)c1. The van der Waals surface area contributed by atoms with Crippen molar-refractivity contribution in [3.63, 3.8) is 0 Å². The quantitative estimate of drug-likeness (QED) is 0.445. The molecule has 216 valence electrons. The second kappa shape index (κ2) is 13.3. The zero-order valence-electron chi connectivity index (χ0n) is 24.4. The first-order valence-electron chi connectivity index (χ1n) is 13.9. The largest absolute Gasteiger partial charge is 0.497 e. The maximum absolute atomic E-state index is 14.0. The van der Waals surface area contributed by atoms with Gasteiger partial charge in [-0.25, -0.2) is 5.01 Å². The first-order chi connectivity index (χ1) is 19.2. The van der Waals surface area contributed by atoms with Crippen LogP contribution in [0.5, 0.6) is 11.5 Å². The maximum Gasteiger partial charge on any atom is 0.262 e. The number of hydrogen-bond donors (Lipinski definition) is 0. The third-order valence-corrected chi connectivity index (χ3v) is 7.22. The zero-order chi connectivity index (χ0) is 28.7. The van der Waals surface area contributed by atoms with Crippen LogP contribution in [0.1, 0.15) is 50.8 Å². The van der Waals surface area contributed by atoms with E-state index in [1.165, 1.54) is 0 Å². The highest BCUT2D eigenvalue weighted by molar-refractivity contribution is 6.03. The number of carbonyl (C=O) groups excluding carboxylic acids is 2. The molecule has 0 bridgehead atoms. The minimum absolute atomic E-state index is 0.0286. The molecule has 1 atom stereocenters. The summed E-state index contributed by atoms with van der Waals surface area (Å²) in [4.78, 5) is 31.4. The van der Waals surface area contributed by atoms with Crippen LogP contribution in [0.4, 0.5) is 0 Å². The average molecular weight is 551 g/mol. The first kappa shape index (κ1) is 29.6. The summed E-state index contributed by atoms with van der Waals surface area (Å²) in [7, 11) is 3.26. The fraction of sp³-hybridized carbons (Fsp3) is 0.516. The summed E-state index contributed by atoms with van der Waals surface area (Å²) < 4.78 is 16.5. The van der Waals surface area contributed by atoms with Gasteiger partial charge in [0.1, 0.15) is 18.0 Å². The molecule has 1 fully saturated rings. The van der Waals surface area contributed by atoms with Crippen molar-refractivity contribution < 1.29 is 23.8 Å². The third kappa shape index (κ3) is 7.61. The lowest BCUT2D eigenvalue weighted by atomic mass is 9.91. The van der Waals surface area contributed by atoms with Gasteiger partial charge in [0.15, 0.2) is 0 Å². The van der Waals surface area contributed by atoms with Crippen LogP contribution in [-0.4, -0.2) is 92.5 Å². The molecule has 2 aromatic carbocycles. The number of morpholine rings is 1. The van der Waals surface area contributed by atoms with E-state index in [1.54, 1.807) is 24.1 Å². The Bertz CT molecular complexity index is 1200. The smallest absolute Gasteiger partial charge is 0.262 e. The molecule has 0 unspecified atom stereocenters. The van der Waals surface area contributed by atoms with Crippen molar-refractivity contribution in [2.75, 3.05) is 60.2 Å². The van der Waals surface area contributed by atoms with E-state index in [1.807, 2.05) is 69.3 Å². The number of ether oxygens (including phenoxy) is 3. The Hall–Kier alpha value is -3.43. The number of rotatable bonds is 10. The monoisotopic (exact) mass is 550 g/mol. The van der Waals surface area contributed by atoms with E-state index in [-0.39, 0.29) is 29.8 Å². The number of methoxy groups -OCH3 is 2. The van der Waals surface area contributed by atoms with Crippen LogP contribution >= 0.6 is 0 Å². The molecule has 2 amide bonds. The van der Waals surface area contributed by atoms with Gasteiger partial charge in [0, 0.05) is 50.1 Å². The number of hydrazone groups is 1. The molecule has 0 aromatic heterocycles. The molecule has 0 spiro atoms. The van der Waals surface area contributed by atoms with E-state index in [0.717, 1.165) is 35.7 Å². The number of amides is 2. The van der Waals surface area contributed by atoms with Crippen molar-refractivity contribution in [1.82, 2.24) is 14.8 Å². The minimum Gasteiger partial charge on any atom is -0.497 e. The molecular formula is C31H42N4O5. The fourth-order valence-electron chi connectivity index (χ4n) is 5.08. The van der Waals surface area contributed by atoms with E-state index >= 15 is 0 Å². The Morgan fingerprint density at radius 2 is 1.80 bits per heavy atom. The van der Waals surface area contributed by atoms with Gasteiger partial charge in [0.05, 0.1) is 39.2 Å². The van der Waals surface area contributed by atoms with Crippen molar-refractivity contribution >= 4 is 17.5 Å². The van der Waals surface area contributed by atoms with Gasteiger partial charge in [-0.1, -0.05) is 51.1 Å². The summed E-state index contributed by atoms with van der Waals surface area (Å²) >= 11 is 0. The lowest BCUT2D eigenvalue weighted by Crippen LogP contribution is -2.47. The highest BCUT2D eigenvalue weighted by Crippen LogP contribution is 2.38. The lowest BCUT2D eigenvalue weighted by Gasteiger charge is -2.32. The van der Waals surface area contributed by atoms with E-state index < -0.39 is 0 Å². The summed E-state index contributed by atoms with van der Waals surface area (Å²) in [5, 5.41) is 6.37. The second-order valence-electron chi connectivity index (χ2n) is 11.5. The summed E-state index contributed by atoms with van der Waals surface area (Å²) in [6.07, 6.45) is 0.876. The topological polar surface area (TPSA) is 83.9 Å². The van der Waals surface area contributed by atoms with Gasteiger partial charge in [-0.2, -0.15) is 5.10 Å². The van der Waals surface area contributed by atoms with E-state index in [9.17, 15) is 9.59 Å². The van der Waals surface area contributed by atoms with Gasteiger partial charge in [0.2, 0.25) is 5.91 Å². The molecule has 9 heteroatoms. The summed E-state index contributed by atoms with van der Waals surface area (Å²) in [6.45, 7) is 10.3. The van der Waals surface area contributed by atoms with Crippen molar-refractivity contribution in [1.29, 1.82) is 0 Å². The molecule has 0 saturated carbocycles. The fourth-order valence-corrected chi connectivity index (χ4v) is 5.08. The molecule has 0 radical (unpaired) electrons. The van der Waals surface area contributed by atoms with Gasteiger partial charge in [-0.15, -0.1) is 0 Å². The highest BCUT2D eigenvalue weighted by atomic mass is 16.5. The molecule has 2 aromatic rings. The molecule has 40 heavy (non-hydrogen) atoms. The lowest BCUT2D eigenvalue weighted by molar-refractivity contribution is -0.142. The predicted molar refractivity (Wildman–Crippen MR) is 155 cm³/mol. The molecule has 0 aliphatic carbocycles. The van der Waals surface area contributed by atoms with Crippen LogP contribution < -0.4 is 9.47 Å². The Kier molecular flexibility index (Phi) is 9.81. The maximum atomic E-state index is 14.0. The molecule has 2 aliphatic rings. The number of hydrogen-bond acceptors (Lipinski definition) is 7. The van der Waals surface area contributed by atoms with Gasteiger partial charge in [-0.05, 0) is 23.6 Å². The van der Waals surface area contributed by atoms with Crippen molar-refractivity contribution in [3.05, 3.63) is 59.7 Å². The summed E-state index contributed by atoms with van der Waals surface area (Å²) in [6, 6.07) is 15.0. The molecule has 9 nitrogen and oxygen atoms in total. The number of nitrogens with zero attached hydrogens (tertiary/aromatic N) is 4. The molecule has 2 aliphatic heterocycles. The summed E-state index contributed by atoms with van der Waals surface area (Å²) in [5.41, 5.74) is 2.36. The van der Waals surface area contributed by atoms with E-state index in [4.69, 9.17) is 19.3 Å². The van der Waals surface area contributed by atoms with Crippen molar-refractivity contribution in [2.45, 2.75) is 39.7 Å². The molecule has 2 heterocycles. The van der Waals surface area contributed by atoms with E-state index in [0.29, 0.717) is 44.9 Å². The standard InChI is InChI=1S/C31H42N4O5/c1-31(2,3)21-29(36)34(14-13-33-15-17-40-18-16-33)22-30(37)35-27(25-11-6-7-12-28(25)39-5)20-26(32-35)23-9-8-10-24(19-23)38-4/h6-12,19,27H,13-18,20-22H2,1-5H3/t27-/m1/s1. The van der Waals surface area contributed by atoms with Crippen LogP contribution in [0.25, 0.3) is 0 Å². The molecule has 1 saturated heterocycles. The van der Waals surface area contributed by atoms with Gasteiger partial charge >= 0.3 is 0 Å². The van der Waals surface area contributed by atoms with Gasteiger partial charge in [-0.3, -0.25) is 14.5 Å². The molecule has 4 rings (SSSR count). The predicted octanol–water partition coefficient (Wildman–Crippen LogP) is 3.98. The Labute approximate surface area is 237 Å². The number of para-hydroxylation sites is 1. The van der Waals surface area contributed by atoms with Crippen LogP contribution in [0.3, 0.4) is 0 Å². The molecular weight excluding hydrogens is 508 g/mol. The second-order valence-corrected chi connectivity index (χ2v) is 11.5. The summed E-state index contributed by atoms with van der Waals surface area (Å²) in [5.74, 6) is 1.17. The number of carbonyl (C=O) groups is 2. The zero-order valence-corrected chi connectivity index (χ0v) is 24.4. The Balaban J connectivity index is 1.61. The van der Waals surface area contributed by atoms with Crippen LogP contribution in [-0.2, 0) is 14.3 Å². The molecule has 0 N–H and O–H groups in total. The number of benzene rings is 2. The van der Waals surface area contributed by atoms with Crippen molar-refractivity contribution in [3.8, 4) is 11.5 Å². The third-order valence-electron chi connectivity index (χ3n) is 7.22. The minimum atomic E-state index is -0.358. The average Bonchev–Trinajstić information content (AvgIpc) is 3.40.